The van der Waals surface area contributed by atoms with Gasteiger partial charge < -0.3 is 16.6 Å². The van der Waals surface area contributed by atoms with Gasteiger partial charge in [-0.05, 0) is 5.56 Å². The van der Waals surface area contributed by atoms with E-state index in [1.807, 2.05) is 0 Å². The highest BCUT2D eigenvalue weighted by molar-refractivity contribution is 7.91. The van der Waals surface area contributed by atoms with Crippen LogP contribution < -0.4 is 16.2 Å². The number of carbonyl (C=O) groups is 1. The molecule has 1 rings (SSSR count). The first kappa shape index (κ1) is 14.6. The van der Waals surface area contributed by atoms with Crippen LogP contribution in [0.5, 0.6) is 0 Å². The van der Waals surface area contributed by atoms with Crippen LogP contribution in [0.25, 0.3) is 0 Å². The van der Waals surface area contributed by atoms with Crippen molar-refractivity contribution in [2.75, 3.05) is 6.54 Å². The van der Waals surface area contributed by atoms with Crippen molar-refractivity contribution >= 4 is 16.0 Å². The number of carboxylic acid groups (broad SMARTS) is 1. The Morgan fingerprint density at radius 1 is 1.33 bits per heavy atom. The van der Waals surface area contributed by atoms with E-state index < -0.39 is 27.4 Å². The zero-order chi connectivity index (χ0) is 13.8. The van der Waals surface area contributed by atoms with Crippen LogP contribution >= 0.6 is 0 Å². The van der Waals surface area contributed by atoms with Crippen molar-refractivity contribution in [3.05, 3.63) is 35.9 Å². The molecule has 100 valence electrons. The lowest BCUT2D eigenvalue weighted by Crippen LogP contribution is -2.63. The molecule has 1 unspecified atom stereocenters. The molecule has 7 nitrogen and oxygen atoms in total. The van der Waals surface area contributed by atoms with Gasteiger partial charge in [-0.2, -0.15) is 0 Å². The number of nitrogens with two attached hydrogens (primary N) is 2. The number of hydrogen-bond donors (Lipinski definition) is 4. The van der Waals surface area contributed by atoms with Gasteiger partial charge in [0, 0.05) is 13.1 Å². The third kappa shape index (κ3) is 2.85. The summed E-state index contributed by atoms with van der Waals surface area (Å²) in [5.41, 5.74) is 11.1. The van der Waals surface area contributed by atoms with E-state index in [-0.39, 0.29) is 6.54 Å². The molecule has 6 N–H and O–H groups in total. The van der Waals surface area contributed by atoms with Crippen LogP contribution in [0.3, 0.4) is 0 Å². The van der Waals surface area contributed by atoms with Gasteiger partial charge in [-0.25, -0.2) is 17.9 Å². The molecule has 0 bridgehead atoms. The van der Waals surface area contributed by atoms with E-state index in [2.05, 4.69) is 4.72 Å². The van der Waals surface area contributed by atoms with Crippen molar-refractivity contribution in [2.24, 2.45) is 11.5 Å². The maximum atomic E-state index is 11.8. The normalized spacial score (nSPS) is 15.0. The van der Waals surface area contributed by atoms with Crippen molar-refractivity contribution in [1.29, 1.82) is 0 Å². The predicted octanol–water partition coefficient (Wildman–Crippen LogP) is -1.20. The third-order valence-corrected chi connectivity index (χ3v) is 4.28. The van der Waals surface area contributed by atoms with Crippen molar-refractivity contribution in [3.8, 4) is 0 Å². The lowest BCUT2D eigenvalue weighted by Gasteiger charge is -2.23. The summed E-state index contributed by atoms with van der Waals surface area (Å²) in [4.78, 5) is 8.36. The Bertz CT molecular complexity index is 517. The molecule has 0 amide bonds. The highest BCUT2D eigenvalue weighted by Crippen LogP contribution is 2.09. The summed E-state index contributed by atoms with van der Waals surface area (Å²) in [6.07, 6.45) is 0. The first-order valence-corrected chi connectivity index (χ1v) is 6.57. The molecule has 0 fully saturated rings. The van der Waals surface area contributed by atoms with Crippen LogP contribution in [0.4, 0.5) is 0 Å². The molecule has 0 aromatic heterocycles. The van der Waals surface area contributed by atoms with Crippen molar-refractivity contribution in [2.45, 2.75) is 11.4 Å². The monoisotopic (exact) mass is 273 g/mol. The lowest BCUT2D eigenvalue weighted by atomic mass is 10.2. The number of hydrogen-bond acceptors (Lipinski definition) is 5. The molecular formula is C10H15N3O4S. The molecule has 0 heterocycles. The highest BCUT2D eigenvalue weighted by Gasteiger charge is 2.46. The number of carboxylic acids is 1. The molecule has 0 spiro atoms. The first-order chi connectivity index (χ1) is 8.33. The maximum Gasteiger partial charge on any atom is 0.342 e. The fourth-order valence-corrected chi connectivity index (χ4v) is 2.28. The Balaban J connectivity index is 2.86. The summed E-state index contributed by atoms with van der Waals surface area (Å²) in [5.74, 6) is -1.69. The van der Waals surface area contributed by atoms with Gasteiger partial charge in [-0.1, -0.05) is 30.3 Å². The van der Waals surface area contributed by atoms with Crippen molar-refractivity contribution in [3.63, 3.8) is 0 Å². The summed E-state index contributed by atoms with van der Waals surface area (Å²) in [6.45, 7) is -0.762. The second-order valence-electron chi connectivity index (χ2n) is 3.71. The molecule has 8 heteroatoms. The zero-order valence-electron chi connectivity index (χ0n) is 9.54. The van der Waals surface area contributed by atoms with E-state index in [1.54, 1.807) is 30.3 Å². The van der Waals surface area contributed by atoms with E-state index in [9.17, 15) is 13.2 Å². The van der Waals surface area contributed by atoms with Crippen LogP contribution in [0.2, 0.25) is 0 Å². The van der Waals surface area contributed by atoms with Gasteiger partial charge in [-0.3, -0.25) is 0 Å². The number of sulfonamides is 1. The second kappa shape index (κ2) is 5.44. The molecule has 1 atom stereocenters. The van der Waals surface area contributed by atoms with Crippen molar-refractivity contribution in [1.82, 2.24) is 4.72 Å². The topological polar surface area (TPSA) is 136 Å². The standard InChI is InChI=1S/C10H15N3O4S/c11-7-10(12,9(14)15)18(16,17)13-6-8-4-2-1-3-5-8/h1-5,13H,6-7,11-12H2,(H,14,15). The summed E-state index contributed by atoms with van der Waals surface area (Å²) in [6, 6.07) is 8.65. The van der Waals surface area contributed by atoms with Gasteiger partial charge in [0.05, 0.1) is 0 Å². The van der Waals surface area contributed by atoms with Gasteiger partial charge in [0.25, 0.3) is 0 Å². The van der Waals surface area contributed by atoms with Gasteiger partial charge >= 0.3 is 5.97 Å². The van der Waals surface area contributed by atoms with Crippen LogP contribution in [0, 0.1) is 0 Å². The molecule has 0 aliphatic heterocycles. The van der Waals surface area contributed by atoms with Crippen LogP contribution in [0.1, 0.15) is 5.56 Å². The Morgan fingerprint density at radius 2 is 1.89 bits per heavy atom. The van der Waals surface area contributed by atoms with E-state index in [0.717, 1.165) is 0 Å². The lowest BCUT2D eigenvalue weighted by molar-refractivity contribution is -0.139. The van der Waals surface area contributed by atoms with E-state index in [1.165, 1.54) is 0 Å². The molecule has 0 radical (unpaired) electrons. The SMILES string of the molecule is NCC(N)(C(=O)O)S(=O)(=O)NCc1ccccc1. The summed E-state index contributed by atoms with van der Waals surface area (Å²) >= 11 is 0. The Morgan fingerprint density at radius 3 is 2.33 bits per heavy atom. The molecule has 0 saturated carbocycles. The summed E-state index contributed by atoms with van der Waals surface area (Å²) in [5, 5.41) is 8.84. The van der Waals surface area contributed by atoms with Crippen LogP contribution in [-0.4, -0.2) is 30.9 Å². The second-order valence-corrected chi connectivity index (χ2v) is 5.73. The van der Waals surface area contributed by atoms with Gasteiger partial charge in [0.1, 0.15) is 0 Å². The Hall–Kier alpha value is -1.48. The van der Waals surface area contributed by atoms with Crippen LogP contribution in [-0.2, 0) is 21.4 Å². The number of benzene rings is 1. The molecular weight excluding hydrogens is 258 g/mol. The number of nitrogens with one attached hydrogen (secondary N) is 1. The smallest absolute Gasteiger partial charge is 0.342 e. The quantitative estimate of drug-likeness (QED) is 0.514. The summed E-state index contributed by atoms with van der Waals surface area (Å²) in [7, 11) is -4.27. The Kier molecular flexibility index (Phi) is 4.41. The molecule has 1 aromatic rings. The Labute approximate surface area is 105 Å². The van der Waals surface area contributed by atoms with Gasteiger partial charge in [-0.15, -0.1) is 0 Å². The van der Waals surface area contributed by atoms with E-state index in [0.29, 0.717) is 5.56 Å². The third-order valence-electron chi connectivity index (χ3n) is 2.45. The summed E-state index contributed by atoms with van der Waals surface area (Å²) < 4.78 is 25.7. The molecule has 0 aliphatic rings. The number of aliphatic carboxylic acids is 1. The van der Waals surface area contributed by atoms with Gasteiger partial charge in [0.15, 0.2) is 0 Å². The van der Waals surface area contributed by atoms with E-state index >= 15 is 0 Å². The van der Waals surface area contributed by atoms with Crippen LogP contribution in [0.15, 0.2) is 30.3 Å². The number of rotatable bonds is 6. The maximum absolute atomic E-state index is 11.8. The predicted molar refractivity (Wildman–Crippen MR) is 65.8 cm³/mol. The largest absolute Gasteiger partial charge is 0.479 e. The molecule has 0 saturated heterocycles. The van der Waals surface area contributed by atoms with Crippen molar-refractivity contribution < 1.29 is 18.3 Å². The average Bonchev–Trinajstić information content (AvgIpc) is 2.36. The fourth-order valence-electron chi connectivity index (χ4n) is 1.21. The van der Waals surface area contributed by atoms with E-state index in [4.69, 9.17) is 16.6 Å². The minimum atomic E-state index is -4.27. The molecule has 1 aromatic carbocycles. The molecule has 0 aliphatic carbocycles. The average molecular weight is 273 g/mol. The minimum absolute atomic E-state index is 0.0462. The highest BCUT2D eigenvalue weighted by atomic mass is 32.2. The zero-order valence-corrected chi connectivity index (χ0v) is 10.4. The first-order valence-electron chi connectivity index (χ1n) is 5.09. The molecule has 18 heavy (non-hydrogen) atoms. The fraction of sp³-hybridized carbons (Fsp3) is 0.300. The van der Waals surface area contributed by atoms with Gasteiger partial charge in [0.2, 0.25) is 14.9 Å². The minimum Gasteiger partial charge on any atom is -0.479 e.